The SMILES string of the molecule is CCCCCc1cc(F)c(C(F)(F)OC2CCC(c3ccc(-c4ccc(-c5cc(F)c(F)c(F)c5)c(F)c4)c(F)c3)CC2)c(F)c1. The van der Waals surface area contributed by atoms with E-state index in [0.29, 0.717) is 48.9 Å². The molecule has 0 spiro atoms. The molecule has 1 aliphatic rings. The predicted molar refractivity (Wildman–Crippen MR) is 157 cm³/mol. The maximum Gasteiger partial charge on any atom is 0.389 e. The maximum atomic E-state index is 15.2. The van der Waals surface area contributed by atoms with Gasteiger partial charge in [-0.05, 0) is 103 Å². The molecule has 0 amide bonds. The molecule has 0 N–H and O–H groups in total. The van der Waals surface area contributed by atoms with Gasteiger partial charge in [0.2, 0.25) is 0 Å². The van der Waals surface area contributed by atoms with Crippen molar-refractivity contribution in [1.29, 1.82) is 0 Å². The molecular weight excluding hydrogens is 619 g/mol. The highest BCUT2D eigenvalue weighted by molar-refractivity contribution is 5.71. The second kappa shape index (κ2) is 13.9. The quantitative estimate of drug-likeness (QED) is 0.0943. The zero-order valence-corrected chi connectivity index (χ0v) is 24.9. The Morgan fingerprint density at radius 2 is 1.20 bits per heavy atom. The van der Waals surface area contributed by atoms with Crippen molar-refractivity contribution in [3.63, 3.8) is 0 Å². The molecule has 10 heteroatoms. The van der Waals surface area contributed by atoms with Crippen LogP contribution in [-0.2, 0) is 17.3 Å². The van der Waals surface area contributed by atoms with Gasteiger partial charge in [-0.3, -0.25) is 0 Å². The zero-order valence-electron chi connectivity index (χ0n) is 24.9. The van der Waals surface area contributed by atoms with Gasteiger partial charge in [0.15, 0.2) is 17.5 Å². The lowest BCUT2D eigenvalue weighted by Gasteiger charge is -2.31. The Hall–Kier alpha value is -3.79. The molecule has 5 rings (SSSR count). The number of unbranched alkanes of at least 4 members (excludes halogenated alkanes) is 2. The summed E-state index contributed by atoms with van der Waals surface area (Å²) in [6.45, 7) is 1.98. The summed E-state index contributed by atoms with van der Waals surface area (Å²) >= 11 is 0. The topological polar surface area (TPSA) is 9.23 Å². The van der Waals surface area contributed by atoms with Gasteiger partial charge in [0, 0.05) is 11.1 Å². The summed E-state index contributed by atoms with van der Waals surface area (Å²) in [7, 11) is 0. The highest BCUT2D eigenvalue weighted by atomic mass is 19.3. The van der Waals surface area contributed by atoms with Crippen LogP contribution in [0.25, 0.3) is 22.3 Å². The average molecular weight is 651 g/mol. The van der Waals surface area contributed by atoms with Crippen LogP contribution in [0, 0.1) is 40.7 Å². The van der Waals surface area contributed by atoms with Crippen molar-refractivity contribution in [3.05, 3.63) is 118 Å². The van der Waals surface area contributed by atoms with Gasteiger partial charge in [-0.1, -0.05) is 44.0 Å². The van der Waals surface area contributed by atoms with Crippen LogP contribution in [0.1, 0.15) is 74.5 Å². The van der Waals surface area contributed by atoms with E-state index in [2.05, 4.69) is 0 Å². The molecule has 0 radical (unpaired) electrons. The van der Waals surface area contributed by atoms with Gasteiger partial charge in [0.1, 0.15) is 28.8 Å². The third-order valence-electron chi connectivity index (χ3n) is 8.49. The average Bonchev–Trinajstić information content (AvgIpc) is 2.99. The lowest BCUT2D eigenvalue weighted by Crippen LogP contribution is -2.31. The Kier molecular flexibility index (Phi) is 10.2. The van der Waals surface area contributed by atoms with Gasteiger partial charge in [-0.2, -0.15) is 8.78 Å². The van der Waals surface area contributed by atoms with Gasteiger partial charge in [0.25, 0.3) is 0 Å². The van der Waals surface area contributed by atoms with E-state index in [1.165, 1.54) is 24.3 Å². The molecule has 0 bridgehead atoms. The van der Waals surface area contributed by atoms with E-state index in [9.17, 15) is 35.1 Å². The number of alkyl halides is 2. The van der Waals surface area contributed by atoms with Crippen molar-refractivity contribution in [1.82, 2.24) is 0 Å². The number of ether oxygens (including phenoxy) is 1. The number of hydrogen-bond acceptors (Lipinski definition) is 1. The number of benzene rings is 4. The minimum atomic E-state index is -4.18. The van der Waals surface area contributed by atoms with Crippen molar-refractivity contribution in [2.75, 3.05) is 0 Å². The van der Waals surface area contributed by atoms with E-state index in [1.54, 1.807) is 6.07 Å². The Labute approximate surface area is 261 Å². The molecule has 0 heterocycles. The van der Waals surface area contributed by atoms with Crippen LogP contribution in [-0.4, -0.2) is 6.10 Å². The van der Waals surface area contributed by atoms with E-state index < -0.39 is 58.5 Å². The summed E-state index contributed by atoms with van der Waals surface area (Å²) in [4.78, 5) is 0. The van der Waals surface area contributed by atoms with E-state index in [1.807, 2.05) is 6.92 Å². The fraction of sp³-hybridized carbons (Fsp3) is 0.333. The molecule has 1 saturated carbocycles. The van der Waals surface area contributed by atoms with Crippen molar-refractivity contribution in [2.24, 2.45) is 0 Å². The summed E-state index contributed by atoms with van der Waals surface area (Å²) in [5.74, 6) is -9.09. The van der Waals surface area contributed by atoms with Crippen LogP contribution in [0.15, 0.2) is 60.7 Å². The standard InChI is InChI=1S/C36H31F9O/c1-2-3-4-5-20-14-30(39)34(31(40)15-20)36(44,45)46-25-10-6-21(7-11-25)22-8-12-26(28(37)16-22)23-9-13-27(29(38)17-23)24-18-32(41)35(43)33(42)19-24/h8-9,12-19,21,25H,2-7,10-11H2,1H3. The summed E-state index contributed by atoms with van der Waals surface area (Å²) in [5.41, 5.74) is -0.719. The third-order valence-corrected chi connectivity index (χ3v) is 8.49. The van der Waals surface area contributed by atoms with Crippen LogP contribution < -0.4 is 0 Å². The molecule has 0 atom stereocenters. The summed E-state index contributed by atoms with van der Waals surface area (Å²) in [6, 6.07) is 11.1. The molecule has 4 aromatic carbocycles. The molecule has 1 aliphatic carbocycles. The molecule has 0 unspecified atom stereocenters. The van der Waals surface area contributed by atoms with Gasteiger partial charge in [0.05, 0.1) is 6.10 Å². The van der Waals surface area contributed by atoms with Crippen molar-refractivity contribution < 1.29 is 44.3 Å². The highest BCUT2D eigenvalue weighted by Crippen LogP contribution is 2.41. The van der Waals surface area contributed by atoms with E-state index in [-0.39, 0.29) is 41.0 Å². The molecule has 46 heavy (non-hydrogen) atoms. The minimum Gasteiger partial charge on any atom is -0.313 e. The number of hydrogen-bond donors (Lipinski definition) is 0. The van der Waals surface area contributed by atoms with Gasteiger partial charge in [-0.25, -0.2) is 30.7 Å². The van der Waals surface area contributed by atoms with E-state index >= 15 is 4.39 Å². The fourth-order valence-corrected chi connectivity index (χ4v) is 6.06. The number of halogens is 9. The third kappa shape index (κ3) is 7.27. The molecule has 244 valence electrons. The molecular formula is C36H31F9O. The van der Waals surface area contributed by atoms with Crippen LogP contribution >= 0.6 is 0 Å². The lowest BCUT2D eigenvalue weighted by molar-refractivity contribution is -0.280. The monoisotopic (exact) mass is 650 g/mol. The maximum absolute atomic E-state index is 15.2. The Bertz CT molecular complexity index is 1660. The molecule has 0 saturated heterocycles. The Morgan fingerprint density at radius 1 is 0.630 bits per heavy atom. The smallest absolute Gasteiger partial charge is 0.313 e. The second-order valence-electron chi connectivity index (χ2n) is 11.7. The molecule has 1 fully saturated rings. The van der Waals surface area contributed by atoms with Gasteiger partial charge >= 0.3 is 6.11 Å². The summed E-state index contributed by atoms with van der Waals surface area (Å²) in [5, 5.41) is 0. The van der Waals surface area contributed by atoms with Crippen molar-refractivity contribution in [2.45, 2.75) is 76.4 Å². The van der Waals surface area contributed by atoms with E-state index in [0.717, 1.165) is 31.0 Å². The summed E-state index contributed by atoms with van der Waals surface area (Å²) in [6.07, 6.45) is -1.30. The molecule has 4 aromatic rings. The van der Waals surface area contributed by atoms with Gasteiger partial charge in [-0.15, -0.1) is 0 Å². The zero-order chi connectivity index (χ0) is 33.2. The number of aryl methyl sites for hydroxylation is 1. The largest absolute Gasteiger partial charge is 0.389 e. The first kappa shape index (κ1) is 33.6. The van der Waals surface area contributed by atoms with Crippen LogP contribution in [0.3, 0.4) is 0 Å². The highest BCUT2D eigenvalue weighted by Gasteiger charge is 2.42. The van der Waals surface area contributed by atoms with Crippen LogP contribution in [0.2, 0.25) is 0 Å². The Morgan fingerprint density at radius 3 is 1.78 bits per heavy atom. The van der Waals surface area contributed by atoms with Crippen molar-refractivity contribution in [3.8, 4) is 22.3 Å². The first-order valence-corrected chi connectivity index (χ1v) is 15.2. The minimum absolute atomic E-state index is 0.0581. The predicted octanol–water partition coefficient (Wildman–Crippen LogP) is 11.5. The summed E-state index contributed by atoms with van der Waals surface area (Å²) < 4.78 is 135. The molecule has 0 aliphatic heterocycles. The second-order valence-corrected chi connectivity index (χ2v) is 11.7. The van der Waals surface area contributed by atoms with Crippen molar-refractivity contribution >= 4 is 0 Å². The Balaban J connectivity index is 1.23. The van der Waals surface area contributed by atoms with E-state index in [4.69, 9.17) is 4.74 Å². The first-order valence-electron chi connectivity index (χ1n) is 15.2. The molecule has 0 aromatic heterocycles. The van der Waals surface area contributed by atoms with Gasteiger partial charge < -0.3 is 4.74 Å². The van der Waals surface area contributed by atoms with Crippen LogP contribution in [0.4, 0.5) is 39.5 Å². The first-order chi connectivity index (χ1) is 21.9. The number of rotatable bonds is 10. The normalized spacial score (nSPS) is 17.0. The fourth-order valence-electron chi connectivity index (χ4n) is 6.06. The van der Waals surface area contributed by atoms with Crippen LogP contribution in [0.5, 0.6) is 0 Å². The molecule has 1 nitrogen and oxygen atoms in total. The lowest BCUT2D eigenvalue weighted by atomic mass is 9.82.